The van der Waals surface area contributed by atoms with Crippen molar-refractivity contribution in [3.63, 3.8) is 0 Å². The predicted molar refractivity (Wildman–Crippen MR) is 117 cm³/mol. The maximum atomic E-state index is 11.7. The van der Waals surface area contributed by atoms with Crippen molar-refractivity contribution in [3.05, 3.63) is 35.9 Å². The molecule has 4 unspecified atom stereocenters. The fourth-order valence-electron chi connectivity index (χ4n) is 2.78. The fourth-order valence-corrected chi connectivity index (χ4v) is 2.78. The first-order valence-electron chi connectivity index (χ1n) is 10.7. The number of esters is 1. The summed E-state index contributed by atoms with van der Waals surface area (Å²) in [5, 5.41) is 29.4. The molecule has 8 heteroatoms. The van der Waals surface area contributed by atoms with E-state index in [1.54, 1.807) is 6.92 Å². The Morgan fingerprint density at radius 1 is 0.935 bits per heavy atom. The number of aliphatic hydroxyl groups excluding tert-OH is 2. The second-order valence-electron chi connectivity index (χ2n) is 7.62. The Kier molecular flexibility index (Phi) is 15.0. The summed E-state index contributed by atoms with van der Waals surface area (Å²) in [6, 6.07) is 9.29. The minimum Gasteiger partial charge on any atom is -0.479 e. The number of carboxylic acids is 1. The molecular weight excluding hydrogens is 402 g/mol. The number of hydrogen-bond donors (Lipinski definition) is 4. The summed E-state index contributed by atoms with van der Waals surface area (Å²) in [4.78, 5) is 33.4. The van der Waals surface area contributed by atoms with Crippen LogP contribution in [0, 0.1) is 11.8 Å². The van der Waals surface area contributed by atoms with Crippen molar-refractivity contribution in [1.82, 2.24) is 5.32 Å². The van der Waals surface area contributed by atoms with Gasteiger partial charge in [0.2, 0.25) is 5.91 Å². The Bertz CT molecular complexity index is 651. The zero-order valence-corrected chi connectivity index (χ0v) is 18.9. The molecule has 0 spiro atoms. The van der Waals surface area contributed by atoms with Gasteiger partial charge in [0, 0.05) is 0 Å². The summed E-state index contributed by atoms with van der Waals surface area (Å²) in [5.41, 5.74) is 0.883. The average Bonchev–Trinajstić information content (AvgIpc) is 2.76. The third kappa shape index (κ3) is 12.8. The summed E-state index contributed by atoms with van der Waals surface area (Å²) in [6.07, 6.45) is 1.03. The van der Waals surface area contributed by atoms with Crippen LogP contribution in [0.2, 0.25) is 0 Å². The van der Waals surface area contributed by atoms with E-state index in [2.05, 4.69) is 5.32 Å². The molecule has 4 atom stereocenters. The van der Waals surface area contributed by atoms with E-state index >= 15 is 0 Å². The topological polar surface area (TPSA) is 133 Å². The Balaban J connectivity index is 0.000000759. The van der Waals surface area contributed by atoms with Crippen LogP contribution in [0.4, 0.5) is 0 Å². The van der Waals surface area contributed by atoms with Crippen molar-refractivity contribution in [2.45, 2.75) is 72.2 Å². The third-order valence-corrected chi connectivity index (χ3v) is 4.74. The highest BCUT2D eigenvalue weighted by Gasteiger charge is 2.22. The van der Waals surface area contributed by atoms with Crippen LogP contribution in [0.1, 0.15) is 58.9 Å². The van der Waals surface area contributed by atoms with E-state index in [1.165, 1.54) is 0 Å². The second kappa shape index (κ2) is 16.3. The first-order valence-corrected chi connectivity index (χ1v) is 10.7. The summed E-state index contributed by atoms with van der Waals surface area (Å²) >= 11 is 0. The summed E-state index contributed by atoms with van der Waals surface area (Å²) in [7, 11) is 0. The first kappa shape index (κ1) is 28.5. The molecule has 0 radical (unpaired) electrons. The molecule has 0 fully saturated rings. The van der Waals surface area contributed by atoms with Crippen LogP contribution < -0.4 is 5.32 Å². The summed E-state index contributed by atoms with van der Waals surface area (Å²) in [5.74, 6) is -2.45. The molecule has 1 rings (SSSR count). The molecule has 8 nitrogen and oxygen atoms in total. The van der Waals surface area contributed by atoms with Gasteiger partial charge in [-0.15, -0.1) is 0 Å². The Morgan fingerprint density at radius 2 is 1.45 bits per heavy atom. The fraction of sp³-hybridized carbons (Fsp3) is 0.609. The van der Waals surface area contributed by atoms with E-state index in [1.807, 2.05) is 51.1 Å². The van der Waals surface area contributed by atoms with Gasteiger partial charge in [-0.1, -0.05) is 70.9 Å². The van der Waals surface area contributed by atoms with Crippen LogP contribution in [0.25, 0.3) is 0 Å². The molecule has 1 amide bonds. The average molecular weight is 440 g/mol. The number of ether oxygens (including phenoxy) is 1. The van der Waals surface area contributed by atoms with Crippen molar-refractivity contribution in [2.75, 3.05) is 6.54 Å². The Morgan fingerprint density at radius 3 is 1.94 bits per heavy atom. The highest BCUT2D eigenvalue weighted by molar-refractivity contribution is 5.84. The van der Waals surface area contributed by atoms with Crippen LogP contribution in [0.5, 0.6) is 0 Å². The van der Waals surface area contributed by atoms with Crippen LogP contribution in [0.15, 0.2) is 30.3 Å². The summed E-state index contributed by atoms with van der Waals surface area (Å²) in [6.45, 7) is 7.43. The van der Waals surface area contributed by atoms with Crippen molar-refractivity contribution in [1.29, 1.82) is 0 Å². The predicted octanol–water partition coefficient (Wildman–Crippen LogP) is 2.51. The zero-order valence-electron chi connectivity index (χ0n) is 18.9. The zero-order chi connectivity index (χ0) is 23.8. The molecule has 0 saturated heterocycles. The lowest BCUT2D eigenvalue weighted by Gasteiger charge is -2.17. The van der Waals surface area contributed by atoms with Gasteiger partial charge in [0.05, 0.1) is 0 Å². The molecule has 1 aromatic rings. The number of amides is 1. The molecule has 4 N–H and O–H groups in total. The van der Waals surface area contributed by atoms with Gasteiger partial charge in [-0.05, 0) is 30.2 Å². The Hall–Kier alpha value is -2.45. The van der Waals surface area contributed by atoms with E-state index < -0.39 is 30.1 Å². The van der Waals surface area contributed by atoms with E-state index in [0.29, 0.717) is 0 Å². The number of nitrogens with one attached hydrogen (secondary N) is 1. The largest absolute Gasteiger partial charge is 0.479 e. The van der Waals surface area contributed by atoms with E-state index in [-0.39, 0.29) is 25.0 Å². The number of carboxylic acid groups (broad SMARTS) is 1. The van der Waals surface area contributed by atoms with Crippen molar-refractivity contribution in [3.8, 4) is 0 Å². The highest BCUT2D eigenvalue weighted by atomic mass is 16.5. The number of aliphatic carboxylic acids is 1. The monoisotopic (exact) mass is 439 g/mol. The lowest BCUT2D eigenvalue weighted by atomic mass is 9.99. The first-order chi connectivity index (χ1) is 14.6. The SMILES string of the molecule is CCCC(C)C(O)C(=O)NCC(=O)OCc1ccccc1.CCCC(C)C(O)C(=O)O. The van der Waals surface area contributed by atoms with Gasteiger partial charge in [0.1, 0.15) is 19.3 Å². The highest BCUT2D eigenvalue weighted by Crippen LogP contribution is 2.11. The smallest absolute Gasteiger partial charge is 0.332 e. The van der Waals surface area contributed by atoms with Gasteiger partial charge in [0.15, 0.2) is 6.10 Å². The molecular formula is C23H37NO7. The van der Waals surface area contributed by atoms with Crippen molar-refractivity contribution >= 4 is 17.8 Å². The minimum atomic E-state index is -1.19. The standard InChI is InChI=1S/C16H23NO4.C7H14O3/c1-3-7-12(2)15(19)16(20)17-10-14(18)21-11-13-8-5-4-6-9-13;1-3-4-5(2)6(8)7(9)10/h4-6,8-9,12,15,19H,3,7,10-11H2,1-2H3,(H,17,20);5-6,8H,3-4H2,1-2H3,(H,9,10). The van der Waals surface area contributed by atoms with Gasteiger partial charge in [-0.3, -0.25) is 9.59 Å². The number of rotatable bonds is 12. The molecule has 0 aliphatic carbocycles. The maximum absolute atomic E-state index is 11.7. The van der Waals surface area contributed by atoms with E-state index in [9.17, 15) is 19.5 Å². The van der Waals surface area contributed by atoms with Crippen LogP contribution in [-0.2, 0) is 25.7 Å². The number of aliphatic hydroxyl groups is 2. The molecule has 0 bridgehead atoms. The Labute approximate surface area is 184 Å². The van der Waals surface area contributed by atoms with Gasteiger partial charge in [0.25, 0.3) is 0 Å². The third-order valence-electron chi connectivity index (χ3n) is 4.74. The van der Waals surface area contributed by atoms with Crippen molar-refractivity contribution < 1.29 is 34.4 Å². The molecule has 0 saturated carbocycles. The lowest BCUT2D eigenvalue weighted by molar-refractivity contribution is -0.149. The molecule has 0 aromatic heterocycles. The van der Waals surface area contributed by atoms with E-state index in [4.69, 9.17) is 14.9 Å². The van der Waals surface area contributed by atoms with E-state index in [0.717, 1.165) is 31.2 Å². The summed E-state index contributed by atoms with van der Waals surface area (Å²) < 4.78 is 5.03. The molecule has 0 aliphatic rings. The van der Waals surface area contributed by atoms with Crippen LogP contribution in [0.3, 0.4) is 0 Å². The second-order valence-corrected chi connectivity index (χ2v) is 7.62. The quantitative estimate of drug-likeness (QED) is 0.368. The molecule has 31 heavy (non-hydrogen) atoms. The maximum Gasteiger partial charge on any atom is 0.332 e. The number of hydrogen-bond acceptors (Lipinski definition) is 6. The van der Waals surface area contributed by atoms with Gasteiger partial charge in [-0.25, -0.2) is 4.79 Å². The van der Waals surface area contributed by atoms with Gasteiger partial charge < -0.3 is 25.4 Å². The molecule has 176 valence electrons. The number of carbonyl (C=O) groups is 3. The van der Waals surface area contributed by atoms with Crippen molar-refractivity contribution in [2.24, 2.45) is 11.8 Å². The molecule has 0 heterocycles. The van der Waals surface area contributed by atoms with Crippen LogP contribution in [-0.4, -0.2) is 51.9 Å². The van der Waals surface area contributed by atoms with Gasteiger partial charge >= 0.3 is 11.9 Å². The number of carbonyl (C=O) groups excluding carboxylic acids is 2. The normalized spacial score (nSPS) is 14.3. The minimum absolute atomic E-state index is 0.129. The number of benzene rings is 1. The van der Waals surface area contributed by atoms with Crippen LogP contribution >= 0.6 is 0 Å². The molecule has 0 aliphatic heterocycles. The molecule has 1 aromatic carbocycles. The lowest BCUT2D eigenvalue weighted by Crippen LogP contribution is -2.41. The van der Waals surface area contributed by atoms with Gasteiger partial charge in [-0.2, -0.15) is 0 Å².